The first kappa shape index (κ1) is 17.8. The number of hydrazine groups is 1. The Kier molecular flexibility index (Phi) is 4.88. The number of hydrogen-bond donors (Lipinski definition) is 2. The molecule has 8 heteroatoms. The van der Waals surface area contributed by atoms with Gasteiger partial charge < -0.3 is 4.42 Å². The Morgan fingerprint density at radius 1 is 1.08 bits per heavy atom. The van der Waals surface area contributed by atoms with Gasteiger partial charge in [0.25, 0.3) is 15.9 Å². The molecule has 3 rings (SSSR count). The molecule has 26 heavy (non-hydrogen) atoms. The smallest absolute Gasteiger partial charge is 0.269 e. The molecule has 2 aromatic carbocycles. The molecule has 0 aliphatic rings. The summed E-state index contributed by atoms with van der Waals surface area (Å²) in [6.45, 7) is 1.51. The van der Waals surface area contributed by atoms with E-state index in [1.54, 1.807) is 36.4 Å². The molecule has 1 amide bonds. The minimum atomic E-state index is -3.96. The lowest BCUT2D eigenvalue weighted by Crippen LogP contribution is -2.41. The summed E-state index contributed by atoms with van der Waals surface area (Å²) in [5.41, 5.74) is 2.47. The maximum Gasteiger partial charge on any atom is 0.269 e. The van der Waals surface area contributed by atoms with Crippen molar-refractivity contribution in [2.75, 3.05) is 0 Å². The van der Waals surface area contributed by atoms with Crippen LogP contribution in [0.1, 0.15) is 15.9 Å². The highest BCUT2D eigenvalue weighted by Crippen LogP contribution is 2.25. The summed E-state index contributed by atoms with van der Waals surface area (Å²) in [5, 5.41) is 0. The van der Waals surface area contributed by atoms with Crippen LogP contribution in [-0.4, -0.2) is 14.3 Å². The van der Waals surface area contributed by atoms with E-state index in [4.69, 9.17) is 4.42 Å². The first-order valence-electron chi connectivity index (χ1n) is 7.60. The van der Waals surface area contributed by atoms with Gasteiger partial charge in [-0.3, -0.25) is 10.2 Å². The monoisotopic (exact) mass is 374 g/mol. The molecule has 1 aromatic heterocycles. The third-order valence-corrected chi connectivity index (χ3v) is 4.92. The van der Waals surface area contributed by atoms with Gasteiger partial charge in [-0.2, -0.15) is 0 Å². The van der Waals surface area contributed by atoms with E-state index in [0.29, 0.717) is 11.3 Å². The largest absolute Gasteiger partial charge is 0.464 e. The molecule has 0 radical (unpaired) electrons. The van der Waals surface area contributed by atoms with Crippen LogP contribution in [0.25, 0.3) is 11.3 Å². The molecular weight excluding hydrogens is 359 g/mol. The summed E-state index contributed by atoms with van der Waals surface area (Å²) in [6.07, 6.45) is 1.46. The Morgan fingerprint density at radius 2 is 1.81 bits per heavy atom. The lowest BCUT2D eigenvalue weighted by Gasteiger charge is -2.11. The maximum atomic E-state index is 14.3. The van der Waals surface area contributed by atoms with Gasteiger partial charge in [-0.15, -0.1) is 4.83 Å². The molecule has 0 aliphatic heterocycles. The summed E-state index contributed by atoms with van der Waals surface area (Å²) in [7, 11) is -3.96. The van der Waals surface area contributed by atoms with Gasteiger partial charge in [-0.25, -0.2) is 12.8 Å². The Hall–Kier alpha value is -2.97. The SMILES string of the molecule is Cc1cc(-c2ccco2)cc(C(=O)NNS(=O)(=O)c2ccccc2)c1F. The summed E-state index contributed by atoms with van der Waals surface area (Å²) < 4.78 is 43.9. The Labute approximate surface area is 149 Å². The van der Waals surface area contributed by atoms with Gasteiger partial charge in [-0.1, -0.05) is 18.2 Å². The van der Waals surface area contributed by atoms with Crippen molar-refractivity contribution >= 4 is 15.9 Å². The second-order valence-electron chi connectivity index (χ2n) is 5.50. The van der Waals surface area contributed by atoms with Gasteiger partial charge in [0.05, 0.1) is 16.7 Å². The number of benzene rings is 2. The van der Waals surface area contributed by atoms with Crippen LogP contribution >= 0.6 is 0 Å². The first-order chi connectivity index (χ1) is 12.4. The average Bonchev–Trinajstić information content (AvgIpc) is 3.17. The molecule has 0 fully saturated rings. The number of aryl methyl sites for hydroxylation is 1. The number of carbonyl (C=O) groups is 1. The number of furan rings is 1. The molecule has 0 bridgehead atoms. The van der Waals surface area contributed by atoms with Crippen LogP contribution in [0.4, 0.5) is 4.39 Å². The lowest BCUT2D eigenvalue weighted by atomic mass is 10.0. The van der Waals surface area contributed by atoms with Gasteiger partial charge in [0.15, 0.2) is 0 Å². The van der Waals surface area contributed by atoms with Gasteiger partial charge >= 0.3 is 0 Å². The fourth-order valence-corrected chi connectivity index (χ4v) is 3.22. The Morgan fingerprint density at radius 3 is 2.46 bits per heavy atom. The quantitative estimate of drug-likeness (QED) is 0.672. The fourth-order valence-electron chi connectivity index (χ4n) is 2.36. The lowest BCUT2D eigenvalue weighted by molar-refractivity contribution is 0.0941. The number of nitrogens with one attached hydrogen (secondary N) is 2. The predicted octanol–water partition coefficient (Wildman–Crippen LogP) is 3.02. The number of amides is 1. The molecular formula is C18H15FN2O4S. The molecule has 0 atom stereocenters. The normalized spacial score (nSPS) is 11.3. The van der Waals surface area contributed by atoms with Crippen molar-refractivity contribution in [1.29, 1.82) is 0 Å². The molecule has 3 aromatic rings. The van der Waals surface area contributed by atoms with Crippen LogP contribution < -0.4 is 10.3 Å². The van der Waals surface area contributed by atoms with Crippen molar-refractivity contribution in [1.82, 2.24) is 10.3 Å². The third kappa shape index (κ3) is 3.66. The van der Waals surface area contributed by atoms with Crippen molar-refractivity contribution in [2.24, 2.45) is 0 Å². The summed E-state index contributed by atoms with van der Waals surface area (Å²) >= 11 is 0. The van der Waals surface area contributed by atoms with Crippen LogP contribution in [0, 0.1) is 12.7 Å². The van der Waals surface area contributed by atoms with E-state index in [1.165, 1.54) is 31.4 Å². The molecule has 0 aliphatic carbocycles. The molecule has 1 heterocycles. The molecule has 0 saturated heterocycles. The molecule has 0 saturated carbocycles. The molecule has 0 spiro atoms. The first-order valence-corrected chi connectivity index (χ1v) is 9.08. The van der Waals surface area contributed by atoms with Crippen LogP contribution in [0.2, 0.25) is 0 Å². The maximum absolute atomic E-state index is 14.3. The average molecular weight is 374 g/mol. The van der Waals surface area contributed by atoms with E-state index in [9.17, 15) is 17.6 Å². The molecule has 2 N–H and O–H groups in total. The van der Waals surface area contributed by atoms with Crippen LogP contribution in [0.3, 0.4) is 0 Å². The highest BCUT2D eigenvalue weighted by molar-refractivity contribution is 7.89. The zero-order valence-electron chi connectivity index (χ0n) is 13.7. The number of halogens is 1. The van der Waals surface area contributed by atoms with E-state index in [2.05, 4.69) is 0 Å². The molecule has 0 unspecified atom stereocenters. The second kappa shape index (κ2) is 7.11. The van der Waals surface area contributed by atoms with Crippen LogP contribution in [0.5, 0.6) is 0 Å². The number of sulfonamides is 1. The van der Waals surface area contributed by atoms with E-state index >= 15 is 0 Å². The standard InChI is InChI=1S/C18H15FN2O4S/c1-12-10-13(16-8-5-9-25-16)11-15(17(12)19)18(22)20-21-26(23,24)14-6-3-2-4-7-14/h2-11,21H,1H3,(H,20,22). The second-order valence-corrected chi connectivity index (χ2v) is 7.19. The van der Waals surface area contributed by atoms with Crippen molar-refractivity contribution in [3.8, 4) is 11.3 Å². The van der Waals surface area contributed by atoms with Gasteiger partial charge in [0.2, 0.25) is 0 Å². The number of hydrogen-bond acceptors (Lipinski definition) is 4. The third-order valence-electron chi connectivity index (χ3n) is 3.66. The topological polar surface area (TPSA) is 88.4 Å². The molecule has 134 valence electrons. The van der Waals surface area contributed by atoms with Gasteiger partial charge in [0.1, 0.15) is 11.6 Å². The van der Waals surface area contributed by atoms with E-state index in [-0.39, 0.29) is 16.0 Å². The van der Waals surface area contributed by atoms with E-state index in [0.717, 1.165) is 0 Å². The van der Waals surface area contributed by atoms with Crippen LogP contribution in [-0.2, 0) is 10.0 Å². The van der Waals surface area contributed by atoms with Gasteiger partial charge in [0, 0.05) is 5.56 Å². The minimum Gasteiger partial charge on any atom is -0.464 e. The fraction of sp³-hybridized carbons (Fsp3) is 0.0556. The minimum absolute atomic E-state index is 0.0266. The zero-order chi connectivity index (χ0) is 18.7. The Bertz CT molecular complexity index is 1030. The van der Waals surface area contributed by atoms with E-state index in [1.807, 2.05) is 10.3 Å². The van der Waals surface area contributed by atoms with Crippen molar-refractivity contribution in [3.63, 3.8) is 0 Å². The predicted molar refractivity (Wildman–Crippen MR) is 93.1 cm³/mol. The summed E-state index contributed by atoms with van der Waals surface area (Å²) in [5.74, 6) is -1.19. The molecule has 6 nitrogen and oxygen atoms in total. The van der Waals surface area contributed by atoms with E-state index < -0.39 is 21.7 Å². The highest BCUT2D eigenvalue weighted by atomic mass is 32.2. The zero-order valence-corrected chi connectivity index (χ0v) is 14.5. The summed E-state index contributed by atoms with van der Waals surface area (Å²) in [6, 6.07) is 13.7. The summed E-state index contributed by atoms with van der Waals surface area (Å²) in [4.78, 5) is 14.2. The highest BCUT2D eigenvalue weighted by Gasteiger charge is 2.19. The number of rotatable bonds is 5. The Balaban J connectivity index is 1.84. The van der Waals surface area contributed by atoms with Crippen LogP contribution in [0.15, 0.2) is 70.2 Å². The number of carbonyl (C=O) groups excluding carboxylic acids is 1. The van der Waals surface area contributed by atoms with Gasteiger partial charge in [-0.05, 0) is 48.9 Å². The van der Waals surface area contributed by atoms with Crippen molar-refractivity contribution in [3.05, 3.63) is 77.8 Å². The van der Waals surface area contributed by atoms with Crippen molar-refractivity contribution in [2.45, 2.75) is 11.8 Å². The van der Waals surface area contributed by atoms with Crippen molar-refractivity contribution < 1.29 is 22.0 Å².